The van der Waals surface area contributed by atoms with E-state index in [2.05, 4.69) is 0 Å². The molecule has 2 aliphatic rings. The molecule has 1 heterocycles. The Hall–Kier alpha value is -1.03. The van der Waals surface area contributed by atoms with E-state index in [0.717, 1.165) is 30.7 Å². The first-order valence-corrected chi connectivity index (χ1v) is 7.48. The van der Waals surface area contributed by atoms with Gasteiger partial charge in [0.2, 0.25) is 5.91 Å². The minimum Gasteiger partial charge on any atom is -0.325 e. The molecule has 1 saturated heterocycles. The third-order valence-corrected chi connectivity index (χ3v) is 5.02. The lowest BCUT2D eigenvalue weighted by Gasteiger charge is -2.32. The van der Waals surface area contributed by atoms with Gasteiger partial charge in [0.15, 0.2) is 0 Å². The van der Waals surface area contributed by atoms with Gasteiger partial charge in [-0.2, -0.15) is 0 Å². The van der Waals surface area contributed by atoms with Crippen LogP contribution >= 0.6 is 11.8 Å². The smallest absolute Gasteiger partial charge is 0.226 e. The van der Waals surface area contributed by atoms with Gasteiger partial charge in [-0.1, -0.05) is 18.6 Å². The molecule has 3 rings (SSSR count). The van der Waals surface area contributed by atoms with Crippen molar-refractivity contribution in [2.75, 3.05) is 12.3 Å². The van der Waals surface area contributed by atoms with Crippen LogP contribution in [0.1, 0.15) is 30.2 Å². The second kappa shape index (κ2) is 4.92. The number of hydrogen-bond donors (Lipinski definition) is 0. The largest absolute Gasteiger partial charge is 0.325 e. The molecular weight excluding hydrogens is 249 g/mol. The van der Waals surface area contributed by atoms with E-state index >= 15 is 0 Å². The molecule has 1 atom stereocenters. The first-order chi connectivity index (χ1) is 8.75. The molecule has 1 aromatic rings. The van der Waals surface area contributed by atoms with E-state index in [-0.39, 0.29) is 23.0 Å². The average molecular weight is 265 g/mol. The van der Waals surface area contributed by atoms with E-state index in [1.165, 1.54) is 12.5 Å². The van der Waals surface area contributed by atoms with Crippen LogP contribution in [0.15, 0.2) is 24.3 Å². The maximum absolute atomic E-state index is 13.3. The van der Waals surface area contributed by atoms with Crippen LogP contribution in [0.25, 0.3) is 0 Å². The van der Waals surface area contributed by atoms with Crippen molar-refractivity contribution in [2.24, 2.45) is 5.92 Å². The molecule has 4 heteroatoms. The fraction of sp³-hybridized carbons (Fsp3) is 0.500. The van der Waals surface area contributed by atoms with Crippen molar-refractivity contribution in [3.8, 4) is 0 Å². The molecule has 1 aliphatic carbocycles. The molecule has 1 unspecified atom stereocenters. The number of carbonyl (C=O) groups is 1. The zero-order valence-electron chi connectivity index (χ0n) is 10.1. The summed E-state index contributed by atoms with van der Waals surface area (Å²) in [5.41, 5.74) is 0.908. The van der Waals surface area contributed by atoms with Crippen molar-refractivity contribution >= 4 is 17.7 Å². The van der Waals surface area contributed by atoms with Gasteiger partial charge in [0.1, 0.15) is 11.2 Å². The van der Waals surface area contributed by atoms with E-state index in [4.69, 9.17) is 0 Å². The Bertz CT molecular complexity index is 461. The molecule has 2 nitrogen and oxygen atoms in total. The molecule has 0 radical (unpaired) electrons. The summed E-state index contributed by atoms with van der Waals surface area (Å²) >= 11 is 1.73. The molecule has 96 valence electrons. The Labute approximate surface area is 111 Å². The predicted molar refractivity (Wildman–Crippen MR) is 70.7 cm³/mol. The van der Waals surface area contributed by atoms with Gasteiger partial charge >= 0.3 is 0 Å². The summed E-state index contributed by atoms with van der Waals surface area (Å²) in [6.07, 6.45) is 3.22. The predicted octanol–water partition coefficient (Wildman–Crippen LogP) is 3.20. The van der Waals surface area contributed by atoms with Crippen molar-refractivity contribution in [1.29, 1.82) is 0 Å². The van der Waals surface area contributed by atoms with Crippen LogP contribution in [-0.4, -0.2) is 23.1 Å². The van der Waals surface area contributed by atoms with Gasteiger partial charge in [-0.25, -0.2) is 4.39 Å². The summed E-state index contributed by atoms with van der Waals surface area (Å²) in [5.74, 6) is 1.20. The van der Waals surface area contributed by atoms with Gasteiger partial charge in [0.25, 0.3) is 0 Å². The fourth-order valence-electron chi connectivity index (χ4n) is 2.52. The zero-order chi connectivity index (χ0) is 12.5. The molecule has 2 fully saturated rings. The van der Waals surface area contributed by atoms with E-state index in [0.29, 0.717) is 0 Å². The average Bonchev–Trinajstić information content (AvgIpc) is 2.75. The summed E-state index contributed by atoms with van der Waals surface area (Å²) in [5, 5.41) is 0.00815. The number of carbonyl (C=O) groups excluding carboxylic acids is 1. The van der Waals surface area contributed by atoms with Gasteiger partial charge in [-0.05, 0) is 30.5 Å². The summed E-state index contributed by atoms with van der Waals surface area (Å²) in [4.78, 5) is 14.2. The SMILES string of the molecule is O=C(C1CCC1)N1CCSC1c1cccc(F)c1. The Morgan fingerprint density at radius 3 is 2.89 bits per heavy atom. The topological polar surface area (TPSA) is 20.3 Å². The Balaban J connectivity index is 1.80. The fourth-order valence-corrected chi connectivity index (χ4v) is 3.78. The van der Waals surface area contributed by atoms with Crippen LogP contribution in [0.2, 0.25) is 0 Å². The van der Waals surface area contributed by atoms with Gasteiger partial charge < -0.3 is 4.90 Å². The summed E-state index contributed by atoms with van der Waals surface area (Å²) in [6, 6.07) is 6.62. The van der Waals surface area contributed by atoms with Gasteiger partial charge in [0, 0.05) is 18.2 Å². The Kier molecular flexibility index (Phi) is 3.29. The third kappa shape index (κ3) is 2.14. The van der Waals surface area contributed by atoms with Crippen LogP contribution in [-0.2, 0) is 4.79 Å². The normalized spacial score (nSPS) is 24.1. The molecule has 0 aromatic heterocycles. The number of hydrogen-bond acceptors (Lipinski definition) is 2. The van der Waals surface area contributed by atoms with E-state index < -0.39 is 0 Å². The standard InChI is InChI=1S/C14H16FNOS/c15-12-6-2-5-11(9-12)14-16(7-8-18-14)13(17)10-3-1-4-10/h2,5-6,9-10,14H,1,3-4,7-8H2. The van der Waals surface area contributed by atoms with Crippen molar-refractivity contribution in [3.63, 3.8) is 0 Å². The number of nitrogens with zero attached hydrogens (tertiary/aromatic N) is 1. The van der Waals surface area contributed by atoms with Crippen molar-refractivity contribution in [3.05, 3.63) is 35.6 Å². The highest BCUT2D eigenvalue weighted by Gasteiger charge is 2.36. The molecular formula is C14H16FNOS. The first-order valence-electron chi connectivity index (χ1n) is 6.43. The lowest BCUT2D eigenvalue weighted by atomic mass is 9.84. The first kappa shape index (κ1) is 12.0. The summed E-state index contributed by atoms with van der Waals surface area (Å²) in [7, 11) is 0. The van der Waals surface area contributed by atoms with E-state index in [1.807, 2.05) is 11.0 Å². The number of amides is 1. The summed E-state index contributed by atoms with van der Waals surface area (Å²) in [6.45, 7) is 0.793. The lowest BCUT2D eigenvalue weighted by Crippen LogP contribution is -2.38. The minimum atomic E-state index is -0.226. The molecule has 1 amide bonds. The van der Waals surface area contributed by atoms with E-state index in [9.17, 15) is 9.18 Å². The van der Waals surface area contributed by atoms with Crippen molar-refractivity contribution in [2.45, 2.75) is 24.6 Å². The molecule has 0 bridgehead atoms. The van der Waals surface area contributed by atoms with Gasteiger partial charge in [-0.3, -0.25) is 4.79 Å². The van der Waals surface area contributed by atoms with Gasteiger partial charge in [-0.15, -0.1) is 11.8 Å². The molecule has 0 N–H and O–H groups in total. The quantitative estimate of drug-likeness (QED) is 0.818. The van der Waals surface area contributed by atoms with Gasteiger partial charge in [0.05, 0.1) is 0 Å². The van der Waals surface area contributed by atoms with Crippen molar-refractivity contribution in [1.82, 2.24) is 4.90 Å². The van der Waals surface area contributed by atoms with Crippen LogP contribution in [0.3, 0.4) is 0 Å². The highest BCUT2D eigenvalue weighted by atomic mass is 32.2. The molecule has 1 saturated carbocycles. The highest BCUT2D eigenvalue weighted by molar-refractivity contribution is 7.99. The number of benzene rings is 1. The van der Waals surface area contributed by atoms with E-state index in [1.54, 1.807) is 23.9 Å². The maximum Gasteiger partial charge on any atom is 0.226 e. The Morgan fingerprint density at radius 1 is 1.39 bits per heavy atom. The van der Waals surface area contributed by atoms with Crippen LogP contribution < -0.4 is 0 Å². The van der Waals surface area contributed by atoms with Crippen LogP contribution in [0.5, 0.6) is 0 Å². The second-order valence-electron chi connectivity index (χ2n) is 4.94. The minimum absolute atomic E-state index is 0.00815. The molecule has 1 aromatic carbocycles. The number of rotatable bonds is 2. The molecule has 0 spiro atoms. The monoisotopic (exact) mass is 265 g/mol. The number of thioether (sulfide) groups is 1. The lowest BCUT2D eigenvalue weighted by molar-refractivity contribution is -0.138. The molecule has 1 aliphatic heterocycles. The third-order valence-electron chi connectivity index (χ3n) is 3.76. The molecule has 18 heavy (non-hydrogen) atoms. The summed E-state index contributed by atoms with van der Waals surface area (Å²) < 4.78 is 13.3. The maximum atomic E-state index is 13.3. The van der Waals surface area contributed by atoms with Crippen molar-refractivity contribution < 1.29 is 9.18 Å². The van der Waals surface area contributed by atoms with Crippen LogP contribution in [0.4, 0.5) is 4.39 Å². The Morgan fingerprint density at radius 2 is 2.22 bits per heavy atom. The highest BCUT2D eigenvalue weighted by Crippen LogP contribution is 2.41. The number of halogens is 1. The van der Waals surface area contributed by atoms with Crippen LogP contribution in [0, 0.1) is 11.7 Å². The zero-order valence-corrected chi connectivity index (χ0v) is 11.0. The second-order valence-corrected chi connectivity index (χ2v) is 6.13.